The van der Waals surface area contributed by atoms with Crippen LogP contribution in [0.2, 0.25) is 0 Å². The number of carboxylic acid groups (broad SMARTS) is 1. The normalized spacial score (nSPS) is 9.80. The summed E-state index contributed by atoms with van der Waals surface area (Å²) in [6.45, 7) is 0. The van der Waals surface area contributed by atoms with E-state index in [1.54, 1.807) is 5.32 Å². The van der Waals surface area contributed by atoms with E-state index in [0.29, 0.717) is 0 Å². The van der Waals surface area contributed by atoms with E-state index >= 15 is 0 Å². The van der Waals surface area contributed by atoms with Crippen LogP contribution in [0.5, 0.6) is 0 Å². The van der Waals surface area contributed by atoms with Crippen LogP contribution in [0.4, 0.5) is 18.9 Å². The quantitative estimate of drug-likeness (QED) is 0.596. The van der Waals surface area contributed by atoms with Gasteiger partial charge in [-0.1, -0.05) is 0 Å². The molecule has 0 unspecified atom stereocenters. The minimum atomic E-state index is -1.76. The fraction of sp³-hybridized carbons (Fsp3) is 0. The Balaban J connectivity index is 3.48. The Hall–Kier alpha value is -2.05. The van der Waals surface area contributed by atoms with Crippen molar-refractivity contribution < 1.29 is 27.9 Å². The molecule has 0 aliphatic carbocycles. The van der Waals surface area contributed by atoms with Gasteiger partial charge >= 0.3 is 5.97 Å². The van der Waals surface area contributed by atoms with Crippen LogP contribution in [0, 0.1) is 17.5 Å². The molecule has 1 aromatic carbocycles. The monoisotopic (exact) mass is 219 g/mol. The van der Waals surface area contributed by atoms with Crippen molar-refractivity contribution in [2.75, 3.05) is 5.32 Å². The van der Waals surface area contributed by atoms with Crippen LogP contribution in [-0.4, -0.2) is 17.5 Å². The molecule has 4 nitrogen and oxygen atoms in total. The number of carboxylic acids is 1. The van der Waals surface area contributed by atoms with E-state index in [1.807, 2.05) is 0 Å². The van der Waals surface area contributed by atoms with Crippen molar-refractivity contribution in [1.29, 1.82) is 0 Å². The molecule has 0 aromatic heterocycles. The highest BCUT2D eigenvalue weighted by atomic mass is 19.2. The van der Waals surface area contributed by atoms with Crippen molar-refractivity contribution in [2.24, 2.45) is 0 Å². The Morgan fingerprint density at radius 2 is 1.93 bits per heavy atom. The number of benzene rings is 1. The van der Waals surface area contributed by atoms with Gasteiger partial charge in [-0.2, -0.15) is 0 Å². The van der Waals surface area contributed by atoms with E-state index in [0.717, 1.165) is 0 Å². The molecule has 0 atom stereocenters. The Morgan fingerprint density at radius 1 is 1.33 bits per heavy atom. The number of carbonyl (C=O) groups excluding carboxylic acids is 1. The molecule has 0 fully saturated rings. The molecule has 80 valence electrons. The topological polar surface area (TPSA) is 66.4 Å². The summed E-state index contributed by atoms with van der Waals surface area (Å²) in [5, 5.41) is 9.97. The fourth-order valence-corrected chi connectivity index (χ4v) is 0.945. The number of aromatic carboxylic acids is 1. The molecule has 0 saturated heterocycles. The van der Waals surface area contributed by atoms with Crippen molar-refractivity contribution in [3.8, 4) is 0 Å². The summed E-state index contributed by atoms with van der Waals surface area (Å²) < 4.78 is 38.7. The predicted octanol–water partition coefficient (Wildman–Crippen LogP) is 1.37. The van der Waals surface area contributed by atoms with Crippen molar-refractivity contribution in [2.45, 2.75) is 0 Å². The molecule has 0 aliphatic rings. The van der Waals surface area contributed by atoms with E-state index in [1.165, 1.54) is 0 Å². The molecule has 0 heterocycles. The molecular weight excluding hydrogens is 215 g/mol. The van der Waals surface area contributed by atoms with Gasteiger partial charge in [0.25, 0.3) is 0 Å². The first-order valence-corrected chi connectivity index (χ1v) is 3.60. The average Bonchev–Trinajstić information content (AvgIpc) is 2.18. The molecule has 1 aromatic rings. The van der Waals surface area contributed by atoms with E-state index < -0.39 is 34.7 Å². The fourth-order valence-electron chi connectivity index (χ4n) is 0.945. The van der Waals surface area contributed by atoms with Gasteiger partial charge < -0.3 is 10.4 Å². The molecular formula is C8H4F3NO3. The van der Waals surface area contributed by atoms with Crippen molar-refractivity contribution >= 4 is 18.1 Å². The zero-order valence-corrected chi connectivity index (χ0v) is 7.05. The highest BCUT2D eigenvalue weighted by Crippen LogP contribution is 2.24. The highest BCUT2D eigenvalue weighted by molar-refractivity contribution is 5.90. The standard InChI is InChI=1S/C8H4F3NO3/c9-4-1-3(8(14)15)5(10)7(6(4)11)12-2-13/h1-2H,(H,12,13)(H,14,15). The maximum Gasteiger partial charge on any atom is 0.338 e. The van der Waals surface area contributed by atoms with Crippen LogP contribution in [0.15, 0.2) is 6.07 Å². The van der Waals surface area contributed by atoms with E-state index in [4.69, 9.17) is 5.11 Å². The third-order valence-corrected chi connectivity index (χ3v) is 1.59. The predicted molar refractivity (Wildman–Crippen MR) is 43.0 cm³/mol. The molecule has 0 radical (unpaired) electrons. The number of hydrogen-bond acceptors (Lipinski definition) is 2. The van der Waals surface area contributed by atoms with Gasteiger partial charge in [-0.25, -0.2) is 18.0 Å². The van der Waals surface area contributed by atoms with Gasteiger partial charge in [0.05, 0.1) is 0 Å². The molecule has 0 spiro atoms. The van der Waals surface area contributed by atoms with Crippen LogP contribution >= 0.6 is 0 Å². The summed E-state index contributed by atoms with van der Waals surface area (Å²) >= 11 is 0. The largest absolute Gasteiger partial charge is 0.478 e. The van der Waals surface area contributed by atoms with E-state index in [2.05, 4.69) is 0 Å². The minimum absolute atomic E-state index is 0.0907. The van der Waals surface area contributed by atoms with Gasteiger partial charge in [0.15, 0.2) is 17.5 Å². The summed E-state index contributed by atoms with van der Waals surface area (Å²) in [5.74, 6) is -6.50. The zero-order valence-electron chi connectivity index (χ0n) is 7.05. The molecule has 1 amide bonds. The Kier molecular flexibility index (Phi) is 2.93. The van der Waals surface area contributed by atoms with Crippen LogP contribution in [0.25, 0.3) is 0 Å². The van der Waals surface area contributed by atoms with Crippen LogP contribution < -0.4 is 5.32 Å². The lowest BCUT2D eigenvalue weighted by molar-refractivity contribution is -0.105. The molecule has 1 rings (SSSR count). The molecule has 7 heteroatoms. The van der Waals surface area contributed by atoms with Crippen molar-refractivity contribution in [3.05, 3.63) is 29.1 Å². The molecule has 0 aliphatic heterocycles. The zero-order chi connectivity index (χ0) is 11.6. The lowest BCUT2D eigenvalue weighted by Gasteiger charge is -2.06. The third kappa shape index (κ3) is 1.90. The van der Waals surface area contributed by atoms with Gasteiger partial charge in [-0.3, -0.25) is 4.79 Å². The Bertz CT molecular complexity index is 434. The van der Waals surface area contributed by atoms with Crippen LogP contribution in [0.3, 0.4) is 0 Å². The highest BCUT2D eigenvalue weighted by Gasteiger charge is 2.22. The second kappa shape index (κ2) is 3.99. The number of nitrogens with one attached hydrogen (secondary N) is 1. The molecule has 15 heavy (non-hydrogen) atoms. The lowest BCUT2D eigenvalue weighted by Crippen LogP contribution is -2.09. The average molecular weight is 219 g/mol. The van der Waals surface area contributed by atoms with Gasteiger partial charge in [-0.15, -0.1) is 0 Å². The van der Waals surface area contributed by atoms with Crippen LogP contribution in [0.1, 0.15) is 10.4 Å². The number of hydrogen-bond donors (Lipinski definition) is 2. The lowest BCUT2D eigenvalue weighted by atomic mass is 10.1. The third-order valence-electron chi connectivity index (χ3n) is 1.59. The minimum Gasteiger partial charge on any atom is -0.478 e. The number of halogens is 3. The summed E-state index contributed by atoms with van der Waals surface area (Å²) in [5.41, 5.74) is -2.18. The molecule has 2 N–H and O–H groups in total. The number of amides is 1. The SMILES string of the molecule is O=CNc1c(F)c(F)cc(C(=O)O)c1F. The van der Waals surface area contributed by atoms with E-state index in [-0.39, 0.29) is 12.5 Å². The number of rotatable bonds is 3. The molecule has 0 saturated carbocycles. The van der Waals surface area contributed by atoms with Crippen LogP contribution in [-0.2, 0) is 4.79 Å². The first-order valence-electron chi connectivity index (χ1n) is 3.60. The van der Waals surface area contributed by atoms with Gasteiger partial charge in [0.1, 0.15) is 11.3 Å². The second-order valence-corrected chi connectivity index (χ2v) is 2.48. The van der Waals surface area contributed by atoms with Crippen molar-refractivity contribution in [1.82, 2.24) is 0 Å². The first-order chi connectivity index (χ1) is 6.99. The number of anilines is 1. The van der Waals surface area contributed by atoms with Gasteiger partial charge in [-0.05, 0) is 6.07 Å². The summed E-state index contributed by atoms with van der Waals surface area (Å²) in [4.78, 5) is 20.4. The summed E-state index contributed by atoms with van der Waals surface area (Å²) in [6, 6.07) is 0.197. The second-order valence-electron chi connectivity index (χ2n) is 2.48. The van der Waals surface area contributed by atoms with E-state index in [9.17, 15) is 22.8 Å². The summed E-state index contributed by atoms with van der Waals surface area (Å²) in [7, 11) is 0. The maximum absolute atomic E-state index is 13.1. The van der Waals surface area contributed by atoms with Crippen molar-refractivity contribution in [3.63, 3.8) is 0 Å². The smallest absolute Gasteiger partial charge is 0.338 e. The maximum atomic E-state index is 13.1. The molecule has 0 bridgehead atoms. The first kappa shape index (κ1) is 11.0. The summed E-state index contributed by atoms with van der Waals surface area (Å²) in [6.07, 6.45) is -0.0907. The Labute approximate surface area is 81.3 Å². The Morgan fingerprint density at radius 3 is 2.40 bits per heavy atom. The van der Waals surface area contributed by atoms with Gasteiger partial charge in [0.2, 0.25) is 6.41 Å². The number of carbonyl (C=O) groups is 2. The van der Waals surface area contributed by atoms with Gasteiger partial charge in [0, 0.05) is 0 Å².